The van der Waals surface area contributed by atoms with Gasteiger partial charge in [-0.15, -0.1) is 0 Å². The number of ether oxygens (including phenoxy) is 2. The average molecular weight is 375 g/mol. The molecule has 0 saturated carbocycles. The highest BCUT2D eigenvalue weighted by Gasteiger charge is 2.33. The fourth-order valence-electron chi connectivity index (χ4n) is 3.65. The Bertz CT molecular complexity index is 865. The summed E-state index contributed by atoms with van der Waals surface area (Å²) in [4.78, 5) is 0. The van der Waals surface area contributed by atoms with Gasteiger partial charge in [-0.05, 0) is 48.1 Å². The number of rotatable bonds is 6. The highest BCUT2D eigenvalue weighted by Crippen LogP contribution is 2.40. The molecule has 1 aliphatic heterocycles. The van der Waals surface area contributed by atoms with Gasteiger partial charge in [0.25, 0.3) is 0 Å². The third kappa shape index (κ3) is 3.86. The van der Waals surface area contributed by atoms with E-state index in [1.807, 2.05) is 30.3 Å². The Hall–Kier alpha value is -2.05. The molecular weight excluding hydrogens is 350 g/mol. The fraction of sp³-hybridized carbons (Fsp3) is 0.400. The van der Waals surface area contributed by atoms with Gasteiger partial charge in [-0.3, -0.25) is 0 Å². The second kappa shape index (κ2) is 7.68. The molecule has 0 N–H and O–H groups in total. The van der Waals surface area contributed by atoms with E-state index in [0.29, 0.717) is 24.5 Å². The molecule has 0 radical (unpaired) electrons. The fourth-order valence-corrected chi connectivity index (χ4v) is 4.75. The summed E-state index contributed by atoms with van der Waals surface area (Å²) in [5, 5.41) is 0. The lowest BCUT2D eigenvalue weighted by atomic mass is 9.90. The second-order valence-electron chi connectivity index (χ2n) is 6.57. The zero-order chi connectivity index (χ0) is 18.7. The molecule has 0 bridgehead atoms. The maximum Gasteiger partial charge on any atom is 0.211 e. The molecule has 1 unspecified atom stereocenters. The number of aryl methyl sites for hydroxylation is 1. The summed E-state index contributed by atoms with van der Waals surface area (Å²) in [7, 11) is -0.0847. The van der Waals surface area contributed by atoms with E-state index in [-0.39, 0.29) is 6.04 Å². The van der Waals surface area contributed by atoms with Crippen LogP contribution in [0, 0.1) is 0 Å². The molecular formula is C20H25NO4S. The quantitative estimate of drug-likeness (QED) is 0.778. The lowest BCUT2D eigenvalue weighted by Crippen LogP contribution is -2.39. The first-order chi connectivity index (χ1) is 12.4. The van der Waals surface area contributed by atoms with Gasteiger partial charge in [-0.2, -0.15) is 4.31 Å². The molecule has 1 atom stereocenters. The number of fused-ring (bicyclic) bond motifs is 1. The van der Waals surface area contributed by atoms with Crippen molar-refractivity contribution in [3.8, 4) is 11.5 Å². The molecule has 2 aromatic carbocycles. The monoisotopic (exact) mass is 375 g/mol. The minimum absolute atomic E-state index is 0.200. The molecule has 26 heavy (non-hydrogen) atoms. The van der Waals surface area contributed by atoms with Gasteiger partial charge in [0.2, 0.25) is 10.0 Å². The normalized spacial score (nSPS) is 17.6. The molecule has 0 spiro atoms. The summed E-state index contributed by atoms with van der Waals surface area (Å²) in [5.74, 6) is 1.31. The summed E-state index contributed by atoms with van der Waals surface area (Å²) in [5.41, 5.74) is 3.34. The maximum atomic E-state index is 12.4. The van der Waals surface area contributed by atoms with Crippen molar-refractivity contribution < 1.29 is 17.9 Å². The Morgan fingerprint density at radius 2 is 1.73 bits per heavy atom. The van der Waals surface area contributed by atoms with Crippen LogP contribution in [-0.4, -0.2) is 39.7 Å². The summed E-state index contributed by atoms with van der Waals surface area (Å²) in [6.07, 6.45) is 3.49. The first-order valence-corrected chi connectivity index (χ1v) is 10.5. The molecule has 0 saturated heterocycles. The standard InChI is InChI=1S/C20H25NO4S/c1-24-19-13-16-11-12-21(26(3,22)23)18(17(16)14-20(19)25-2)10-9-15-7-5-4-6-8-15/h4-8,13-14,18H,9-12H2,1-3H3. The van der Waals surface area contributed by atoms with Crippen LogP contribution < -0.4 is 9.47 Å². The first kappa shape index (κ1) is 18.7. The molecule has 0 amide bonds. The highest BCUT2D eigenvalue weighted by molar-refractivity contribution is 7.88. The SMILES string of the molecule is COc1cc2c(cc1OC)C(CCc1ccccc1)N(S(C)(=O)=O)CC2. The number of hydrogen-bond acceptors (Lipinski definition) is 4. The van der Waals surface area contributed by atoms with E-state index >= 15 is 0 Å². The molecule has 140 valence electrons. The van der Waals surface area contributed by atoms with E-state index < -0.39 is 10.0 Å². The van der Waals surface area contributed by atoms with Crippen molar-refractivity contribution in [1.82, 2.24) is 4.31 Å². The summed E-state index contributed by atoms with van der Waals surface area (Å²) in [6.45, 7) is 0.487. The van der Waals surface area contributed by atoms with Gasteiger partial charge in [-0.1, -0.05) is 30.3 Å². The predicted molar refractivity (Wildman–Crippen MR) is 102 cm³/mol. The Labute approximate surface area is 155 Å². The second-order valence-corrected chi connectivity index (χ2v) is 8.50. The topological polar surface area (TPSA) is 55.8 Å². The number of benzene rings is 2. The van der Waals surface area contributed by atoms with Gasteiger partial charge >= 0.3 is 0 Å². The van der Waals surface area contributed by atoms with E-state index in [1.54, 1.807) is 18.5 Å². The summed E-state index contributed by atoms with van der Waals surface area (Å²) < 4.78 is 37.2. The molecule has 5 nitrogen and oxygen atoms in total. The lowest BCUT2D eigenvalue weighted by Gasteiger charge is -2.36. The van der Waals surface area contributed by atoms with E-state index in [9.17, 15) is 8.42 Å². The molecule has 2 aromatic rings. The molecule has 6 heteroatoms. The molecule has 0 fully saturated rings. The largest absolute Gasteiger partial charge is 0.493 e. The summed E-state index contributed by atoms with van der Waals surface area (Å²) >= 11 is 0. The zero-order valence-corrected chi connectivity index (χ0v) is 16.3. The van der Waals surface area contributed by atoms with Crippen LogP contribution in [0.1, 0.15) is 29.2 Å². The van der Waals surface area contributed by atoms with Crippen LogP contribution in [0.3, 0.4) is 0 Å². The van der Waals surface area contributed by atoms with Gasteiger partial charge < -0.3 is 9.47 Å². The van der Waals surface area contributed by atoms with Gasteiger partial charge in [0.05, 0.1) is 26.5 Å². The minimum Gasteiger partial charge on any atom is -0.493 e. The first-order valence-electron chi connectivity index (χ1n) is 8.69. The van der Waals surface area contributed by atoms with E-state index in [1.165, 1.54) is 11.8 Å². The third-order valence-corrected chi connectivity index (χ3v) is 6.22. The van der Waals surface area contributed by atoms with Crippen molar-refractivity contribution in [2.24, 2.45) is 0 Å². The van der Waals surface area contributed by atoms with Crippen LogP contribution in [0.5, 0.6) is 11.5 Å². The smallest absolute Gasteiger partial charge is 0.211 e. The zero-order valence-electron chi connectivity index (χ0n) is 15.4. The Morgan fingerprint density at radius 1 is 1.08 bits per heavy atom. The maximum absolute atomic E-state index is 12.4. The molecule has 0 aromatic heterocycles. The van der Waals surface area contributed by atoms with Crippen LogP contribution in [0.25, 0.3) is 0 Å². The predicted octanol–water partition coefficient (Wildman–Crippen LogP) is 3.20. The Kier molecular flexibility index (Phi) is 5.53. The van der Waals surface area contributed by atoms with Gasteiger partial charge in [0, 0.05) is 6.54 Å². The summed E-state index contributed by atoms with van der Waals surface area (Å²) in [6, 6.07) is 13.9. The van der Waals surface area contributed by atoms with Crippen LogP contribution in [0.2, 0.25) is 0 Å². The highest BCUT2D eigenvalue weighted by atomic mass is 32.2. The molecule has 1 aliphatic rings. The third-order valence-electron chi connectivity index (χ3n) is 4.93. The van der Waals surface area contributed by atoms with Crippen molar-refractivity contribution in [3.63, 3.8) is 0 Å². The van der Waals surface area contributed by atoms with Gasteiger partial charge in [0.1, 0.15) is 0 Å². The molecule has 1 heterocycles. The molecule has 3 rings (SSSR count). The van der Waals surface area contributed by atoms with Gasteiger partial charge in [0.15, 0.2) is 11.5 Å². The van der Waals surface area contributed by atoms with E-state index in [0.717, 1.165) is 24.0 Å². The number of hydrogen-bond donors (Lipinski definition) is 0. The average Bonchev–Trinajstić information content (AvgIpc) is 2.64. The van der Waals surface area contributed by atoms with Crippen LogP contribution in [0.15, 0.2) is 42.5 Å². The van der Waals surface area contributed by atoms with Crippen molar-refractivity contribution in [3.05, 3.63) is 59.2 Å². The molecule has 0 aliphatic carbocycles. The number of methoxy groups -OCH3 is 2. The van der Waals surface area contributed by atoms with Gasteiger partial charge in [-0.25, -0.2) is 8.42 Å². The van der Waals surface area contributed by atoms with Crippen LogP contribution >= 0.6 is 0 Å². The number of sulfonamides is 1. The Morgan fingerprint density at radius 3 is 2.35 bits per heavy atom. The lowest BCUT2D eigenvalue weighted by molar-refractivity contribution is 0.291. The van der Waals surface area contributed by atoms with Crippen molar-refractivity contribution in [2.45, 2.75) is 25.3 Å². The van der Waals surface area contributed by atoms with Crippen molar-refractivity contribution >= 4 is 10.0 Å². The minimum atomic E-state index is -3.30. The number of nitrogens with zero attached hydrogens (tertiary/aromatic N) is 1. The van der Waals surface area contributed by atoms with Crippen LogP contribution in [-0.2, 0) is 22.9 Å². The van der Waals surface area contributed by atoms with E-state index in [2.05, 4.69) is 12.1 Å². The van der Waals surface area contributed by atoms with Crippen molar-refractivity contribution in [2.75, 3.05) is 27.0 Å². The van der Waals surface area contributed by atoms with Crippen molar-refractivity contribution in [1.29, 1.82) is 0 Å². The van der Waals surface area contributed by atoms with Crippen LogP contribution in [0.4, 0.5) is 0 Å². The van der Waals surface area contributed by atoms with E-state index in [4.69, 9.17) is 9.47 Å². The Balaban J connectivity index is 1.99.